The summed E-state index contributed by atoms with van der Waals surface area (Å²) in [5.41, 5.74) is 2.63. The Kier molecular flexibility index (Phi) is 14.6. The number of carbonyl (C=O) groups is 4. The Hall–Kier alpha value is -4.16. The molecular weight excluding hydrogens is 528 g/mol. The van der Waals surface area contributed by atoms with E-state index in [0.717, 1.165) is 36.8 Å². The summed E-state index contributed by atoms with van der Waals surface area (Å²) in [6.07, 6.45) is 2.17. The third-order valence-corrected chi connectivity index (χ3v) is 5.54. The molecule has 0 saturated carbocycles. The number of hydrogen-bond acceptors (Lipinski definition) is 12. The van der Waals surface area contributed by atoms with Crippen LogP contribution in [-0.2, 0) is 51.9 Å². The number of aryl methyl sites for hydroxylation is 2. The van der Waals surface area contributed by atoms with E-state index in [-0.39, 0.29) is 30.3 Å². The minimum atomic E-state index is -1.19. The average Bonchev–Trinajstić information content (AvgIpc) is 2.94. The maximum absolute atomic E-state index is 11.9. The highest BCUT2D eigenvalue weighted by molar-refractivity contribution is 5.89. The molecule has 40 heavy (non-hydrogen) atoms. The number of ether oxygens (including phenoxy) is 2. The van der Waals surface area contributed by atoms with Crippen LogP contribution in [0.4, 0.5) is 9.59 Å². The molecule has 2 rings (SSSR count). The van der Waals surface area contributed by atoms with Gasteiger partial charge >= 0.3 is 24.2 Å². The van der Waals surface area contributed by atoms with E-state index in [4.69, 9.17) is 9.47 Å². The molecule has 0 bridgehead atoms. The molecule has 12 nitrogen and oxygen atoms in total. The maximum atomic E-state index is 11.9. The lowest BCUT2D eigenvalue weighted by Gasteiger charge is -2.11. The highest BCUT2D eigenvalue weighted by atomic mass is 17.5. The van der Waals surface area contributed by atoms with E-state index < -0.39 is 24.2 Å². The number of hydrogen-bond donors (Lipinski definition) is 0. The molecule has 0 fully saturated rings. The first-order valence-electron chi connectivity index (χ1n) is 12.9. The average molecular weight is 563 g/mol. The van der Waals surface area contributed by atoms with Crippen molar-refractivity contribution in [2.24, 2.45) is 5.92 Å². The van der Waals surface area contributed by atoms with Crippen LogP contribution in [0.1, 0.15) is 78.3 Å². The van der Waals surface area contributed by atoms with E-state index in [1.54, 1.807) is 48.5 Å². The molecule has 0 aliphatic rings. The van der Waals surface area contributed by atoms with Gasteiger partial charge in [0, 0.05) is 0 Å². The fourth-order valence-corrected chi connectivity index (χ4v) is 3.32. The van der Waals surface area contributed by atoms with Crippen molar-refractivity contribution in [3.8, 4) is 0 Å². The molecule has 218 valence electrons. The van der Waals surface area contributed by atoms with E-state index in [1.165, 1.54) is 0 Å². The molecule has 0 saturated heterocycles. The predicted octanol–water partition coefficient (Wildman–Crippen LogP) is 6.02. The quantitative estimate of drug-likeness (QED) is 0.134. The van der Waals surface area contributed by atoms with E-state index >= 15 is 0 Å². The Balaban J connectivity index is 1.49. The Morgan fingerprint density at radius 3 is 1.32 bits per heavy atom. The molecule has 0 atom stereocenters. The lowest BCUT2D eigenvalue weighted by Crippen LogP contribution is -2.15. The van der Waals surface area contributed by atoms with Gasteiger partial charge in [0.2, 0.25) is 0 Å². The summed E-state index contributed by atoms with van der Waals surface area (Å²) >= 11 is 0. The molecule has 0 aliphatic heterocycles. The summed E-state index contributed by atoms with van der Waals surface area (Å²) in [6.45, 7) is 5.88. The predicted molar refractivity (Wildman–Crippen MR) is 137 cm³/mol. The topological polar surface area (TPSA) is 142 Å². The maximum Gasteiger partial charge on any atom is 0.543 e. The number of carbonyl (C=O) groups excluding carboxylic acids is 4. The summed E-state index contributed by atoms with van der Waals surface area (Å²) in [6, 6.07) is 13.5. The standard InChI is InChI=1S/C28H34O12/c1-4-6-21-8-12-23(13-9-21)25(29)35-39-37-27(31)33-18-16-20(3)17-19-34-28(32)38-40-36-26(30)24-14-10-22(7-5-2)11-15-24/h8-15,20H,4-7,16-19H2,1-3H3. The van der Waals surface area contributed by atoms with Gasteiger partial charge < -0.3 is 9.47 Å². The molecule has 12 heteroatoms. The zero-order valence-electron chi connectivity index (χ0n) is 22.8. The minimum Gasteiger partial charge on any atom is -0.432 e. The minimum absolute atomic E-state index is 0.0237. The fourth-order valence-electron chi connectivity index (χ4n) is 3.32. The molecule has 0 spiro atoms. The van der Waals surface area contributed by atoms with Gasteiger partial charge in [-0.05, 0) is 67.0 Å². The SMILES string of the molecule is CCCc1ccc(C(=O)OOOC(=O)OCCC(C)CCOC(=O)OOOC(=O)c2ccc(CCC)cc2)cc1. The monoisotopic (exact) mass is 562 g/mol. The first-order valence-corrected chi connectivity index (χ1v) is 12.9. The van der Waals surface area contributed by atoms with Gasteiger partial charge in [0.1, 0.15) is 0 Å². The van der Waals surface area contributed by atoms with Crippen LogP contribution < -0.4 is 0 Å². The summed E-state index contributed by atoms with van der Waals surface area (Å²) in [4.78, 5) is 64.2. The third kappa shape index (κ3) is 12.6. The highest BCUT2D eigenvalue weighted by Gasteiger charge is 2.15. The van der Waals surface area contributed by atoms with Crippen molar-refractivity contribution in [1.82, 2.24) is 0 Å². The van der Waals surface area contributed by atoms with Crippen molar-refractivity contribution in [3.63, 3.8) is 0 Å². The molecule has 2 aromatic rings. The van der Waals surface area contributed by atoms with E-state index in [9.17, 15) is 19.2 Å². The molecule has 0 aliphatic carbocycles. The van der Waals surface area contributed by atoms with Crippen molar-refractivity contribution in [2.45, 2.75) is 59.3 Å². The molecular formula is C28H34O12. The van der Waals surface area contributed by atoms with Crippen LogP contribution in [0.2, 0.25) is 0 Å². The van der Waals surface area contributed by atoms with Gasteiger partial charge in [0.15, 0.2) is 0 Å². The van der Waals surface area contributed by atoms with Gasteiger partial charge in [-0.25, -0.2) is 29.0 Å². The van der Waals surface area contributed by atoms with Crippen LogP contribution in [0.25, 0.3) is 0 Å². The van der Waals surface area contributed by atoms with Crippen molar-refractivity contribution in [2.75, 3.05) is 13.2 Å². The van der Waals surface area contributed by atoms with Gasteiger partial charge in [-0.2, -0.15) is 0 Å². The highest BCUT2D eigenvalue weighted by Crippen LogP contribution is 2.11. The van der Waals surface area contributed by atoms with Crippen LogP contribution in [0, 0.1) is 5.92 Å². The lowest BCUT2D eigenvalue weighted by molar-refractivity contribution is -0.452. The van der Waals surface area contributed by atoms with Crippen LogP contribution >= 0.6 is 0 Å². The number of rotatable bonds is 16. The molecule has 0 amide bonds. The Morgan fingerprint density at radius 1 is 0.600 bits per heavy atom. The molecule has 0 aromatic heterocycles. The summed E-state index contributed by atoms with van der Waals surface area (Å²) in [5, 5.41) is 8.37. The largest absolute Gasteiger partial charge is 0.543 e. The zero-order valence-corrected chi connectivity index (χ0v) is 22.8. The van der Waals surface area contributed by atoms with Crippen LogP contribution in [0.15, 0.2) is 48.5 Å². The molecule has 0 radical (unpaired) electrons. The second kappa shape index (κ2) is 18.2. The molecule has 0 heterocycles. The van der Waals surface area contributed by atoms with Crippen LogP contribution in [-0.4, -0.2) is 37.5 Å². The smallest absolute Gasteiger partial charge is 0.432 e. The Labute approximate surface area is 232 Å². The van der Waals surface area contributed by atoms with E-state index in [1.807, 2.05) is 6.92 Å². The summed E-state index contributed by atoms with van der Waals surface area (Å²) < 4.78 is 9.64. The van der Waals surface area contributed by atoms with Crippen molar-refractivity contribution < 1.29 is 58.3 Å². The van der Waals surface area contributed by atoms with Crippen LogP contribution in [0.5, 0.6) is 0 Å². The van der Waals surface area contributed by atoms with E-state index in [0.29, 0.717) is 12.8 Å². The number of benzene rings is 2. The fraction of sp³-hybridized carbons (Fsp3) is 0.429. The van der Waals surface area contributed by atoms with E-state index in [2.05, 4.69) is 43.5 Å². The Bertz CT molecular complexity index is 980. The normalized spacial score (nSPS) is 10.5. The van der Waals surface area contributed by atoms with Gasteiger partial charge in [-0.15, -0.1) is 0 Å². The van der Waals surface area contributed by atoms with Gasteiger partial charge in [0.25, 0.3) is 0 Å². The van der Waals surface area contributed by atoms with Gasteiger partial charge in [-0.1, -0.05) is 57.9 Å². The second-order valence-electron chi connectivity index (χ2n) is 8.82. The first-order chi connectivity index (χ1) is 19.3. The van der Waals surface area contributed by atoms with Crippen LogP contribution in [0.3, 0.4) is 0 Å². The third-order valence-electron chi connectivity index (χ3n) is 5.54. The molecule has 2 aromatic carbocycles. The second-order valence-corrected chi connectivity index (χ2v) is 8.82. The zero-order chi connectivity index (χ0) is 29.2. The summed E-state index contributed by atoms with van der Waals surface area (Å²) in [5.74, 6) is -1.68. The summed E-state index contributed by atoms with van der Waals surface area (Å²) in [7, 11) is 0. The molecule has 0 unspecified atom stereocenters. The van der Waals surface area contributed by atoms with Gasteiger partial charge in [0.05, 0.1) is 34.4 Å². The first kappa shape index (κ1) is 32.1. The Morgan fingerprint density at radius 2 is 0.975 bits per heavy atom. The van der Waals surface area contributed by atoms with Crippen molar-refractivity contribution in [3.05, 3.63) is 70.8 Å². The van der Waals surface area contributed by atoms with Crippen molar-refractivity contribution in [1.29, 1.82) is 0 Å². The van der Waals surface area contributed by atoms with Crippen molar-refractivity contribution >= 4 is 24.2 Å². The molecule has 0 N–H and O–H groups in total. The van der Waals surface area contributed by atoms with Gasteiger partial charge in [-0.3, -0.25) is 9.78 Å². The lowest BCUT2D eigenvalue weighted by atomic mass is 10.1.